The number of hydrogen-bond acceptors (Lipinski definition) is 6. The van der Waals surface area contributed by atoms with Gasteiger partial charge in [-0.1, -0.05) is 13.8 Å². The maximum Gasteiger partial charge on any atom is 0.410 e. The van der Waals surface area contributed by atoms with Crippen LogP contribution in [0.5, 0.6) is 0 Å². The number of piperidine rings is 1. The van der Waals surface area contributed by atoms with Crippen molar-refractivity contribution >= 4 is 17.8 Å². The number of rotatable bonds is 3. The summed E-state index contributed by atoms with van der Waals surface area (Å²) in [6, 6.07) is 2.02. The highest BCUT2D eigenvalue weighted by molar-refractivity contribution is 5.79. The van der Waals surface area contributed by atoms with Gasteiger partial charge in [0.15, 0.2) is 0 Å². The molecule has 2 aliphatic rings. The number of anilines is 1. The van der Waals surface area contributed by atoms with E-state index in [1.165, 1.54) is 0 Å². The van der Waals surface area contributed by atoms with Crippen molar-refractivity contribution in [3.05, 3.63) is 17.6 Å². The van der Waals surface area contributed by atoms with Crippen LogP contribution < -0.4 is 4.90 Å². The first-order valence-electron chi connectivity index (χ1n) is 11.4. The molecule has 0 unspecified atom stereocenters. The minimum Gasteiger partial charge on any atom is -0.444 e. The summed E-state index contributed by atoms with van der Waals surface area (Å²) in [4.78, 5) is 40.5. The summed E-state index contributed by atoms with van der Waals surface area (Å²) in [5.74, 6) is 2.30. The minimum atomic E-state index is -0.498. The number of carbonyl (C=O) groups is 2. The second-order valence-corrected chi connectivity index (χ2v) is 9.93. The van der Waals surface area contributed by atoms with E-state index in [0.717, 1.165) is 30.4 Å². The molecule has 1 aromatic rings. The van der Waals surface area contributed by atoms with Gasteiger partial charge in [-0.3, -0.25) is 4.79 Å². The molecule has 0 saturated carbocycles. The van der Waals surface area contributed by atoms with Crippen LogP contribution >= 0.6 is 0 Å². The van der Waals surface area contributed by atoms with E-state index in [-0.39, 0.29) is 23.8 Å². The molecule has 0 spiro atoms. The van der Waals surface area contributed by atoms with E-state index < -0.39 is 5.60 Å². The maximum absolute atomic E-state index is 13.0. The van der Waals surface area contributed by atoms with Gasteiger partial charge in [-0.15, -0.1) is 0 Å². The molecule has 0 N–H and O–H groups in total. The highest BCUT2D eigenvalue weighted by Gasteiger charge is 2.33. The lowest BCUT2D eigenvalue weighted by Crippen LogP contribution is -2.52. The first-order valence-corrected chi connectivity index (χ1v) is 11.4. The van der Waals surface area contributed by atoms with E-state index in [4.69, 9.17) is 9.72 Å². The number of likely N-dealkylation sites (tertiary alicyclic amines) is 1. The van der Waals surface area contributed by atoms with Crippen molar-refractivity contribution in [1.29, 1.82) is 0 Å². The number of nitrogens with zero attached hydrogens (tertiary/aromatic N) is 5. The average molecular weight is 432 g/mol. The fourth-order valence-corrected chi connectivity index (χ4v) is 4.04. The molecule has 2 aliphatic heterocycles. The normalized spacial score (nSPS) is 18.5. The quantitative estimate of drug-likeness (QED) is 0.731. The van der Waals surface area contributed by atoms with Crippen molar-refractivity contribution in [3.63, 3.8) is 0 Å². The average Bonchev–Trinajstić information content (AvgIpc) is 2.72. The van der Waals surface area contributed by atoms with Crippen molar-refractivity contribution in [1.82, 2.24) is 19.8 Å². The molecule has 2 saturated heterocycles. The van der Waals surface area contributed by atoms with Crippen LogP contribution in [0.2, 0.25) is 0 Å². The Morgan fingerprint density at radius 1 is 1.00 bits per heavy atom. The van der Waals surface area contributed by atoms with Gasteiger partial charge in [-0.05, 0) is 40.5 Å². The van der Waals surface area contributed by atoms with Crippen LogP contribution in [0.1, 0.15) is 64.9 Å². The first-order chi connectivity index (χ1) is 14.5. The van der Waals surface area contributed by atoms with E-state index in [9.17, 15) is 9.59 Å². The highest BCUT2D eigenvalue weighted by atomic mass is 16.6. The van der Waals surface area contributed by atoms with Gasteiger partial charge in [0, 0.05) is 62.9 Å². The highest BCUT2D eigenvalue weighted by Crippen LogP contribution is 2.24. The van der Waals surface area contributed by atoms with Gasteiger partial charge >= 0.3 is 6.09 Å². The Bertz CT molecular complexity index is 789. The number of piperazine rings is 1. The van der Waals surface area contributed by atoms with Crippen LogP contribution in [0.3, 0.4) is 0 Å². The topological polar surface area (TPSA) is 78.9 Å². The molecule has 0 aliphatic carbocycles. The Morgan fingerprint density at radius 3 is 2.16 bits per heavy atom. The lowest BCUT2D eigenvalue weighted by molar-refractivity contribution is -0.137. The summed E-state index contributed by atoms with van der Waals surface area (Å²) in [7, 11) is 0. The van der Waals surface area contributed by atoms with Gasteiger partial charge < -0.3 is 19.4 Å². The monoisotopic (exact) mass is 431 g/mol. The molecule has 0 atom stereocenters. The van der Waals surface area contributed by atoms with E-state index in [0.29, 0.717) is 39.0 Å². The number of ether oxygens (including phenoxy) is 1. The molecule has 3 heterocycles. The van der Waals surface area contributed by atoms with Crippen LogP contribution in [0.15, 0.2) is 6.07 Å². The molecule has 0 bridgehead atoms. The van der Waals surface area contributed by atoms with Crippen molar-refractivity contribution in [2.45, 2.75) is 65.9 Å². The largest absolute Gasteiger partial charge is 0.444 e. The smallest absolute Gasteiger partial charge is 0.410 e. The lowest BCUT2D eigenvalue weighted by Gasteiger charge is -2.39. The van der Waals surface area contributed by atoms with E-state index in [1.807, 2.05) is 38.7 Å². The summed E-state index contributed by atoms with van der Waals surface area (Å²) in [6.45, 7) is 15.9. The molecule has 3 rings (SSSR count). The van der Waals surface area contributed by atoms with Crippen molar-refractivity contribution in [2.24, 2.45) is 5.92 Å². The summed E-state index contributed by atoms with van der Waals surface area (Å²) in [5, 5.41) is 0. The SMILES string of the molecule is Cc1cc(N2CCN(C(=O)C3CCN(C(=O)OC(C)(C)C)CC3)CC2)nc(C(C)C)n1. The van der Waals surface area contributed by atoms with E-state index >= 15 is 0 Å². The van der Waals surface area contributed by atoms with Gasteiger partial charge in [0.1, 0.15) is 17.2 Å². The molecule has 172 valence electrons. The molecule has 2 fully saturated rings. The lowest BCUT2D eigenvalue weighted by atomic mass is 9.95. The zero-order valence-electron chi connectivity index (χ0n) is 19.8. The third-order valence-corrected chi connectivity index (χ3v) is 5.79. The zero-order chi connectivity index (χ0) is 22.8. The number of aryl methyl sites for hydroxylation is 1. The molecule has 1 aromatic heterocycles. The molecule has 2 amide bonds. The van der Waals surface area contributed by atoms with Gasteiger partial charge in [0.05, 0.1) is 0 Å². The van der Waals surface area contributed by atoms with Gasteiger partial charge in [-0.25, -0.2) is 14.8 Å². The number of hydrogen-bond donors (Lipinski definition) is 0. The first kappa shape index (κ1) is 23.3. The summed E-state index contributed by atoms with van der Waals surface area (Å²) < 4.78 is 5.45. The Labute approximate surface area is 186 Å². The summed E-state index contributed by atoms with van der Waals surface area (Å²) in [5.41, 5.74) is 0.477. The molecule has 0 radical (unpaired) electrons. The Hall–Kier alpha value is -2.38. The number of amides is 2. The second kappa shape index (κ2) is 9.40. The van der Waals surface area contributed by atoms with Crippen LogP contribution in [0, 0.1) is 12.8 Å². The predicted molar refractivity (Wildman–Crippen MR) is 120 cm³/mol. The molecule has 0 aromatic carbocycles. The minimum absolute atomic E-state index is 0.0147. The van der Waals surface area contributed by atoms with Crippen LogP contribution in [-0.4, -0.2) is 76.6 Å². The predicted octanol–water partition coefficient (Wildman–Crippen LogP) is 3.20. The molecular formula is C23H37N5O3. The standard InChI is InChI=1S/C23H37N5O3/c1-16(2)20-24-17(3)15-19(25-20)26-11-13-27(14-12-26)21(29)18-7-9-28(10-8-18)22(30)31-23(4,5)6/h15-16,18H,7-14H2,1-6H3. The van der Waals surface area contributed by atoms with Gasteiger partial charge in [0.25, 0.3) is 0 Å². The Morgan fingerprint density at radius 2 is 1.61 bits per heavy atom. The molecule has 31 heavy (non-hydrogen) atoms. The van der Waals surface area contributed by atoms with E-state index in [2.05, 4.69) is 23.7 Å². The third kappa shape index (κ3) is 6.08. The van der Waals surface area contributed by atoms with Crippen molar-refractivity contribution in [3.8, 4) is 0 Å². The molecule has 8 heteroatoms. The molecule has 8 nitrogen and oxygen atoms in total. The second-order valence-electron chi connectivity index (χ2n) is 9.93. The van der Waals surface area contributed by atoms with Crippen LogP contribution in [0.4, 0.5) is 10.6 Å². The number of aromatic nitrogens is 2. The Balaban J connectivity index is 1.51. The fraction of sp³-hybridized carbons (Fsp3) is 0.739. The fourth-order valence-electron chi connectivity index (χ4n) is 4.04. The molecular weight excluding hydrogens is 394 g/mol. The van der Waals surface area contributed by atoms with Gasteiger partial charge in [-0.2, -0.15) is 0 Å². The summed E-state index contributed by atoms with van der Waals surface area (Å²) in [6.07, 6.45) is 1.11. The van der Waals surface area contributed by atoms with Crippen molar-refractivity contribution < 1.29 is 14.3 Å². The summed E-state index contributed by atoms with van der Waals surface area (Å²) >= 11 is 0. The third-order valence-electron chi connectivity index (χ3n) is 5.79. The van der Waals surface area contributed by atoms with E-state index in [1.54, 1.807) is 4.90 Å². The van der Waals surface area contributed by atoms with Crippen LogP contribution in [0.25, 0.3) is 0 Å². The van der Waals surface area contributed by atoms with Gasteiger partial charge in [0.2, 0.25) is 5.91 Å². The zero-order valence-corrected chi connectivity index (χ0v) is 19.8. The van der Waals surface area contributed by atoms with Crippen molar-refractivity contribution in [2.75, 3.05) is 44.2 Å². The Kier molecular flexibility index (Phi) is 7.06. The maximum atomic E-state index is 13.0. The number of carbonyl (C=O) groups excluding carboxylic acids is 2. The van der Waals surface area contributed by atoms with Crippen LogP contribution in [-0.2, 0) is 9.53 Å².